The number of likely N-dealkylation sites (tertiary alicyclic amines) is 1. The number of piperidine rings is 1. The van der Waals surface area contributed by atoms with Gasteiger partial charge in [0.15, 0.2) is 0 Å². The lowest BCUT2D eigenvalue weighted by Crippen LogP contribution is -2.41. The highest BCUT2D eigenvalue weighted by atomic mass is 32.1. The topological polar surface area (TPSA) is 75.2 Å². The van der Waals surface area contributed by atoms with E-state index in [-0.39, 0.29) is 17.7 Å². The smallest absolute Gasteiger partial charge is 0.253 e. The van der Waals surface area contributed by atoms with E-state index in [1.165, 1.54) is 29.5 Å². The second kappa shape index (κ2) is 9.13. The highest BCUT2D eigenvalue weighted by Gasteiger charge is 2.28. The first-order valence-electron chi connectivity index (χ1n) is 9.80. The fraction of sp³-hybridized carbons (Fsp3) is 0.273. The van der Waals surface area contributed by atoms with Crippen LogP contribution in [0.25, 0.3) is 0 Å². The fourth-order valence-electron chi connectivity index (χ4n) is 3.50. The number of hydrogen-bond acceptors (Lipinski definition) is 5. The molecule has 2 heterocycles. The van der Waals surface area contributed by atoms with E-state index in [0.29, 0.717) is 43.0 Å². The largest absolute Gasteiger partial charge is 0.339 e. The summed E-state index contributed by atoms with van der Waals surface area (Å²) in [5, 5.41) is 12.4. The Bertz CT molecular complexity index is 1030. The predicted molar refractivity (Wildman–Crippen MR) is 113 cm³/mol. The first kappa shape index (κ1) is 20.2. The second-order valence-electron chi connectivity index (χ2n) is 7.23. The van der Waals surface area contributed by atoms with Gasteiger partial charge in [-0.2, -0.15) is 0 Å². The van der Waals surface area contributed by atoms with Gasteiger partial charge in [0.1, 0.15) is 10.8 Å². The summed E-state index contributed by atoms with van der Waals surface area (Å²) >= 11 is 1.37. The maximum Gasteiger partial charge on any atom is 0.253 e. The summed E-state index contributed by atoms with van der Waals surface area (Å²) in [5.41, 5.74) is 1.47. The van der Waals surface area contributed by atoms with Gasteiger partial charge >= 0.3 is 0 Å². The van der Waals surface area contributed by atoms with Crippen LogP contribution in [0.5, 0.6) is 0 Å². The van der Waals surface area contributed by atoms with E-state index in [1.54, 1.807) is 11.0 Å². The molecule has 1 N–H and O–H groups in total. The van der Waals surface area contributed by atoms with E-state index in [4.69, 9.17) is 0 Å². The second-order valence-corrected chi connectivity index (χ2v) is 8.29. The lowest BCUT2D eigenvalue weighted by molar-refractivity contribution is -0.121. The zero-order chi connectivity index (χ0) is 20.9. The third-order valence-corrected chi connectivity index (χ3v) is 5.96. The molecule has 0 aliphatic carbocycles. The lowest BCUT2D eigenvalue weighted by Gasteiger charge is -2.31. The number of rotatable bonds is 5. The summed E-state index contributed by atoms with van der Waals surface area (Å²) in [4.78, 5) is 26.8. The van der Waals surface area contributed by atoms with Gasteiger partial charge < -0.3 is 10.2 Å². The minimum Gasteiger partial charge on any atom is -0.339 e. The van der Waals surface area contributed by atoms with Crippen LogP contribution in [0.1, 0.15) is 33.8 Å². The average Bonchev–Trinajstić information content (AvgIpc) is 3.20. The molecule has 0 atom stereocenters. The van der Waals surface area contributed by atoms with Crippen molar-refractivity contribution in [2.75, 3.05) is 18.4 Å². The number of nitrogens with zero attached hydrogens (tertiary/aromatic N) is 3. The average molecular weight is 425 g/mol. The van der Waals surface area contributed by atoms with Gasteiger partial charge in [0.25, 0.3) is 5.91 Å². The van der Waals surface area contributed by atoms with Crippen molar-refractivity contribution in [3.05, 3.63) is 76.5 Å². The van der Waals surface area contributed by atoms with Gasteiger partial charge in [-0.1, -0.05) is 47.7 Å². The predicted octanol–water partition coefficient (Wildman–Crippen LogP) is 3.76. The number of nitrogens with one attached hydrogen (secondary N) is 1. The van der Waals surface area contributed by atoms with Crippen molar-refractivity contribution in [3.8, 4) is 0 Å². The number of halogens is 1. The molecule has 0 unspecified atom stereocenters. The van der Waals surface area contributed by atoms with Crippen LogP contribution >= 0.6 is 11.3 Å². The molecule has 6 nitrogen and oxygen atoms in total. The number of benzene rings is 2. The summed E-state index contributed by atoms with van der Waals surface area (Å²) in [6.45, 7) is 0.922. The molecular formula is C22H21FN4O2S. The Kier molecular flexibility index (Phi) is 6.13. The van der Waals surface area contributed by atoms with E-state index in [9.17, 15) is 14.0 Å². The Morgan fingerprint density at radius 1 is 1.07 bits per heavy atom. The molecule has 4 rings (SSSR count). The number of hydrogen-bond donors (Lipinski definition) is 1. The summed E-state index contributed by atoms with van der Waals surface area (Å²) in [6, 6.07) is 15.7. The summed E-state index contributed by atoms with van der Waals surface area (Å²) < 4.78 is 13.4. The van der Waals surface area contributed by atoms with Crippen LogP contribution in [-0.2, 0) is 11.2 Å². The third kappa shape index (κ3) is 4.88. The lowest BCUT2D eigenvalue weighted by atomic mass is 9.95. The Balaban J connectivity index is 1.29. The first-order valence-corrected chi connectivity index (χ1v) is 10.6. The van der Waals surface area contributed by atoms with Crippen LogP contribution < -0.4 is 5.32 Å². The van der Waals surface area contributed by atoms with Gasteiger partial charge in [0.05, 0.1) is 0 Å². The van der Waals surface area contributed by atoms with Gasteiger partial charge in [-0.3, -0.25) is 9.59 Å². The van der Waals surface area contributed by atoms with E-state index < -0.39 is 5.82 Å². The Labute approximate surface area is 177 Å². The van der Waals surface area contributed by atoms with Crippen LogP contribution in [0.2, 0.25) is 0 Å². The van der Waals surface area contributed by atoms with Crippen molar-refractivity contribution in [1.82, 2.24) is 15.1 Å². The molecule has 3 aromatic rings. The number of carbonyl (C=O) groups is 2. The third-order valence-electron chi connectivity index (χ3n) is 5.12. The van der Waals surface area contributed by atoms with Crippen LogP contribution in [0.15, 0.2) is 54.6 Å². The van der Waals surface area contributed by atoms with Crippen molar-refractivity contribution in [2.24, 2.45) is 5.92 Å². The fourth-order valence-corrected chi connectivity index (χ4v) is 4.28. The summed E-state index contributed by atoms with van der Waals surface area (Å²) in [7, 11) is 0. The molecule has 0 bridgehead atoms. The molecule has 1 aliphatic heterocycles. The van der Waals surface area contributed by atoms with Crippen LogP contribution in [0, 0.1) is 11.7 Å². The maximum atomic E-state index is 13.4. The molecule has 0 saturated carbocycles. The van der Waals surface area contributed by atoms with Crippen molar-refractivity contribution in [3.63, 3.8) is 0 Å². The maximum absolute atomic E-state index is 13.4. The standard InChI is InChI=1S/C22H21FN4O2S/c23-18-8-4-7-17(14-18)21(29)27-11-9-16(10-12-27)20(28)24-22-26-25-19(30-22)13-15-5-2-1-3-6-15/h1-8,14,16H,9-13H2,(H,24,26,28). The molecule has 0 radical (unpaired) electrons. The molecule has 8 heteroatoms. The van der Waals surface area contributed by atoms with Crippen LogP contribution in [0.4, 0.5) is 9.52 Å². The zero-order valence-electron chi connectivity index (χ0n) is 16.3. The van der Waals surface area contributed by atoms with Crippen molar-refractivity contribution in [2.45, 2.75) is 19.3 Å². The Morgan fingerprint density at radius 2 is 1.83 bits per heavy atom. The number of anilines is 1. The molecule has 1 saturated heterocycles. The van der Waals surface area contributed by atoms with Gasteiger partial charge in [-0.15, -0.1) is 10.2 Å². The summed E-state index contributed by atoms with van der Waals surface area (Å²) in [6.07, 6.45) is 1.79. The molecule has 154 valence electrons. The van der Waals surface area contributed by atoms with Gasteiger partial charge in [0, 0.05) is 31.0 Å². The highest BCUT2D eigenvalue weighted by molar-refractivity contribution is 7.15. The molecule has 30 heavy (non-hydrogen) atoms. The Hall–Kier alpha value is -3.13. The molecule has 2 aromatic carbocycles. The van der Waals surface area contributed by atoms with Crippen molar-refractivity contribution in [1.29, 1.82) is 0 Å². The van der Waals surface area contributed by atoms with Gasteiger partial charge in [0.2, 0.25) is 11.0 Å². The Morgan fingerprint density at radius 3 is 2.57 bits per heavy atom. The quantitative estimate of drug-likeness (QED) is 0.677. The molecule has 0 spiro atoms. The minimum atomic E-state index is -0.432. The SMILES string of the molecule is O=C(Nc1nnc(Cc2ccccc2)s1)C1CCN(C(=O)c2cccc(F)c2)CC1. The van der Waals surface area contributed by atoms with Crippen LogP contribution in [0.3, 0.4) is 0 Å². The monoisotopic (exact) mass is 424 g/mol. The molecular weight excluding hydrogens is 403 g/mol. The highest BCUT2D eigenvalue weighted by Crippen LogP contribution is 2.23. The molecule has 1 fully saturated rings. The van der Waals surface area contributed by atoms with Crippen molar-refractivity contribution < 1.29 is 14.0 Å². The molecule has 1 aliphatic rings. The number of aromatic nitrogens is 2. The number of amides is 2. The summed E-state index contributed by atoms with van der Waals surface area (Å²) in [5.74, 6) is -0.930. The molecule has 1 aromatic heterocycles. The van der Waals surface area contributed by atoms with E-state index in [1.807, 2.05) is 30.3 Å². The normalized spacial score (nSPS) is 14.5. The number of carbonyl (C=O) groups excluding carboxylic acids is 2. The minimum absolute atomic E-state index is 0.102. The van der Waals surface area contributed by atoms with Crippen molar-refractivity contribution >= 4 is 28.3 Å². The molecule has 2 amide bonds. The van der Waals surface area contributed by atoms with Crippen LogP contribution in [-0.4, -0.2) is 40.0 Å². The van der Waals surface area contributed by atoms with E-state index in [2.05, 4.69) is 15.5 Å². The van der Waals surface area contributed by atoms with Gasteiger partial charge in [-0.25, -0.2) is 4.39 Å². The zero-order valence-corrected chi connectivity index (χ0v) is 17.1. The van der Waals surface area contributed by atoms with Gasteiger partial charge in [-0.05, 0) is 36.6 Å². The van der Waals surface area contributed by atoms with E-state index >= 15 is 0 Å². The first-order chi connectivity index (χ1) is 14.6. The van der Waals surface area contributed by atoms with E-state index in [0.717, 1.165) is 10.6 Å².